The third kappa shape index (κ3) is 5.36. The number of ether oxygens (including phenoxy) is 2. The van der Waals surface area contributed by atoms with Crippen molar-refractivity contribution in [1.29, 1.82) is 0 Å². The highest BCUT2D eigenvalue weighted by Gasteiger charge is 2.20. The first-order valence-corrected chi connectivity index (χ1v) is 11.7. The lowest BCUT2D eigenvalue weighted by Crippen LogP contribution is -2.14. The van der Waals surface area contributed by atoms with Gasteiger partial charge in [0.15, 0.2) is 11.6 Å². The third-order valence-electron chi connectivity index (χ3n) is 6.40. The van der Waals surface area contributed by atoms with Gasteiger partial charge in [-0.15, -0.1) is 0 Å². The maximum absolute atomic E-state index is 14.8. The SMILES string of the molecule is CCOc1ccc(-c2ccc(CCc3ccc(C4=CCC(OC)CC4)c(F)c3F)cc2)c(F)c1. The molecule has 4 rings (SSSR count). The van der Waals surface area contributed by atoms with Gasteiger partial charge in [0.1, 0.15) is 11.6 Å². The Hall–Kier alpha value is -3.05. The molecule has 2 nitrogen and oxygen atoms in total. The van der Waals surface area contributed by atoms with E-state index in [0.717, 1.165) is 23.1 Å². The summed E-state index contributed by atoms with van der Waals surface area (Å²) in [6.45, 7) is 2.33. The van der Waals surface area contributed by atoms with Crippen LogP contribution in [-0.2, 0) is 17.6 Å². The number of aryl methyl sites for hydroxylation is 2. The van der Waals surface area contributed by atoms with Crippen molar-refractivity contribution in [3.63, 3.8) is 0 Å². The zero-order chi connectivity index (χ0) is 24.1. The van der Waals surface area contributed by atoms with Crippen molar-refractivity contribution in [2.45, 2.75) is 45.1 Å². The van der Waals surface area contributed by atoms with Crippen molar-refractivity contribution in [3.8, 4) is 16.9 Å². The Labute approximate surface area is 199 Å². The second-order valence-corrected chi connectivity index (χ2v) is 8.53. The lowest BCUT2D eigenvalue weighted by Gasteiger charge is -2.21. The van der Waals surface area contributed by atoms with Crippen molar-refractivity contribution in [3.05, 3.63) is 94.8 Å². The van der Waals surface area contributed by atoms with Gasteiger partial charge in [0.05, 0.1) is 12.7 Å². The normalized spacial score (nSPS) is 15.8. The number of halogens is 3. The second kappa shape index (κ2) is 10.9. The largest absolute Gasteiger partial charge is 0.494 e. The molecule has 0 heterocycles. The smallest absolute Gasteiger partial charge is 0.166 e. The van der Waals surface area contributed by atoms with Gasteiger partial charge in [0.25, 0.3) is 0 Å². The molecule has 0 spiro atoms. The molecule has 1 aliphatic rings. The molecule has 0 amide bonds. The van der Waals surface area contributed by atoms with E-state index < -0.39 is 11.6 Å². The molecule has 5 heteroatoms. The first-order chi connectivity index (χ1) is 16.5. The molecule has 0 saturated heterocycles. The molecular weight excluding hydrogens is 437 g/mol. The summed E-state index contributed by atoms with van der Waals surface area (Å²) in [7, 11) is 1.67. The summed E-state index contributed by atoms with van der Waals surface area (Å²) < 4.78 is 54.7. The number of rotatable bonds is 8. The highest BCUT2D eigenvalue weighted by atomic mass is 19.2. The van der Waals surface area contributed by atoms with Gasteiger partial charge < -0.3 is 9.47 Å². The predicted octanol–water partition coefficient (Wildman–Crippen LogP) is 7.54. The van der Waals surface area contributed by atoms with Crippen molar-refractivity contribution < 1.29 is 22.6 Å². The van der Waals surface area contributed by atoms with Crippen LogP contribution < -0.4 is 4.74 Å². The average molecular weight is 467 g/mol. The van der Waals surface area contributed by atoms with E-state index in [2.05, 4.69) is 0 Å². The van der Waals surface area contributed by atoms with E-state index in [1.54, 1.807) is 31.4 Å². The summed E-state index contributed by atoms with van der Waals surface area (Å²) in [5, 5.41) is 0. The lowest BCUT2D eigenvalue weighted by molar-refractivity contribution is 0.0964. The monoisotopic (exact) mass is 466 g/mol. The van der Waals surface area contributed by atoms with Crippen molar-refractivity contribution in [2.75, 3.05) is 13.7 Å². The second-order valence-electron chi connectivity index (χ2n) is 8.53. The fraction of sp³-hybridized carbons (Fsp3) is 0.310. The zero-order valence-electron chi connectivity index (χ0n) is 19.5. The fourth-order valence-corrected chi connectivity index (χ4v) is 4.42. The summed E-state index contributed by atoms with van der Waals surface area (Å²) >= 11 is 0. The summed E-state index contributed by atoms with van der Waals surface area (Å²) in [5.41, 5.74) is 3.76. The topological polar surface area (TPSA) is 18.5 Å². The maximum atomic E-state index is 14.8. The molecule has 0 fully saturated rings. The van der Waals surface area contributed by atoms with Crippen molar-refractivity contribution in [1.82, 2.24) is 0 Å². The molecule has 34 heavy (non-hydrogen) atoms. The summed E-state index contributed by atoms with van der Waals surface area (Å²) in [5.74, 6) is -1.40. The van der Waals surface area contributed by atoms with Gasteiger partial charge in [0, 0.05) is 24.3 Å². The van der Waals surface area contributed by atoms with Gasteiger partial charge in [-0.3, -0.25) is 0 Å². The fourth-order valence-electron chi connectivity index (χ4n) is 4.42. The van der Waals surface area contributed by atoms with Crippen LogP contribution in [0, 0.1) is 17.5 Å². The standard InChI is InChI=1S/C29H29F3O2/c1-3-34-24-15-17-25(27(30)18-24)20-7-4-19(5-8-20)6-9-22-12-16-26(29(32)28(22)31)21-10-13-23(33-2)14-11-21/h4-5,7-8,10,12,15-18,23H,3,6,9,11,13-14H2,1-2H3. The Morgan fingerprint density at radius 1 is 0.882 bits per heavy atom. The Morgan fingerprint density at radius 3 is 2.29 bits per heavy atom. The minimum Gasteiger partial charge on any atom is -0.494 e. The zero-order valence-corrected chi connectivity index (χ0v) is 19.5. The minimum atomic E-state index is -0.777. The maximum Gasteiger partial charge on any atom is 0.166 e. The van der Waals surface area contributed by atoms with Gasteiger partial charge in [0.2, 0.25) is 0 Å². The summed E-state index contributed by atoms with van der Waals surface area (Å²) in [6.07, 6.45) is 5.23. The Morgan fingerprint density at radius 2 is 1.65 bits per heavy atom. The predicted molar refractivity (Wildman–Crippen MR) is 129 cm³/mol. The Balaban J connectivity index is 1.43. The molecule has 1 aliphatic carbocycles. The molecule has 3 aromatic rings. The molecule has 0 aromatic heterocycles. The van der Waals surface area contributed by atoms with Crippen molar-refractivity contribution >= 4 is 5.57 Å². The molecule has 178 valence electrons. The van der Waals surface area contributed by atoms with Gasteiger partial charge in [-0.25, -0.2) is 13.2 Å². The van der Waals surface area contributed by atoms with E-state index >= 15 is 0 Å². The number of hydrogen-bond donors (Lipinski definition) is 0. The summed E-state index contributed by atoms with van der Waals surface area (Å²) in [4.78, 5) is 0. The van der Waals surface area contributed by atoms with Crippen LogP contribution in [0.4, 0.5) is 13.2 Å². The number of allylic oxidation sites excluding steroid dienone is 1. The van der Waals surface area contributed by atoms with E-state index in [1.165, 1.54) is 6.07 Å². The van der Waals surface area contributed by atoms with Crippen LogP contribution in [0.2, 0.25) is 0 Å². The number of hydrogen-bond acceptors (Lipinski definition) is 2. The first kappa shape index (κ1) is 24.1. The van der Waals surface area contributed by atoms with Crippen LogP contribution in [0.5, 0.6) is 5.75 Å². The van der Waals surface area contributed by atoms with Crippen LogP contribution in [0.3, 0.4) is 0 Å². The Kier molecular flexibility index (Phi) is 7.73. The molecule has 0 radical (unpaired) electrons. The average Bonchev–Trinajstić information content (AvgIpc) is 2.86. The third-order valence-corrected chi connectivity index (χ3v) is 6.40. The summed E-state index contributed by atoms with van der Waals surface area (Å²) in [6, 6.07) is 15.7. The van der Waals surface area contributed by atoms with Crippen LogP contribution >= 0.6 is 0 Å². The van der Waals surface area contributed by atoms with Gasteiger partial charge >= 0.3 is 0 Å². The van der Waals surface area contributed by atoms with Gasteiger partial charge in [-0.1, -0.05) is 42.5 Å². The van der Waals surface area contributed by atoms with Gasteiger partial charge in [-0.05, 0) is 73.4 Å². The molecule has 0 saturated carbocycles. The van der Waals surface area contributed by atoms with E-state index in [9.17, 15) is 13.2 Å². The van der Waals surface area contributed by atoms with Crippen molar-refractivity contribution in [2.24, 2.45) is 0 Å². The first-order valence-electron chi connectivity index (χ1n) is 11.7. The molecule has 1 atom stereocenters. The van der Waals surface area contributed by atoms with Gasteiger partial charge in [-0.2, -0.15) is 0 Å². The van der Waals surface area contributed by atoms with Crippen LogP contribution in [0.15, 0.2) is 60.7 Å². The lowest BCUT2D eigenvalue weighted by atomic mass is 9.90. The minimum absolute atomic E-state index is 0.147. The molecule has 1 unspecified atom stereocenters. The van der Waals surface area contributed by atoms with E-state index in [0.29, 0.717) is 54.7 Å². The van der Waals surface area contributed by atoms with E-state index in [-0.39, 0.29) is 11.9 Å². The van der Waals surface area contributed by atoms with E-state index in [4.69, 9.17) is 9.47 Å². The molecule has 0 aliphatic heterocycles. The quantitative estimate of drug-likeness (QED) is 0.341. The molecule has 0 N–H and O–H groups in total. The van der Waals surface area contributed by atoms with Crippen LogP contribution in [0.1, 0.15) is 42.9 Å². The number of methoxy groups -OCH3 is 1. The van der Waals surface area contributed by atoms with Crippen LogP contribution in [0.25, 0.3) is 16.7 Å². The number of benzene rings is 3. The van der Waals surface area contributed by atoms with Crippen LogP contribution in [-0.4, -0.2) is 19.8 Å². The highest BCUT2D eigenvalue weighted by molar-refractivity contribution is 5.67. The van der Waals surface area contributed by atoms with E-state index in [1.807, 2.05) is 37.3 Å². The Bertz CT molecular complexity index is 1170. The molecule has 0 bridgehead atoms. The molecule has 3 aromatic carbocycles. The molecular formula is C29H29F3O2. The highest BCUT2D eigenvalue weighted by Crippen LogP contribution is 2.32.